The number of thiazole rings is 1. The van der Waals surface area contributed by atoms with E-state index in [-0.39, 0.29) is 23.3 Å². The third kappa shape index (κ3) is 4.64. The van der Waals surface area contributed by atoms with Crippen molar-refractivity contribution < 1.29 is 17.6 Å². The van der Waals surface area contributed by atoms with Gasteiger partial charge in [-0.3, -0.25) is 4.79 Å². The number of carbonyl (C=O) groups excluding carboxylic acids is 1. The highest BCUT2D eigenvalue weighted by Crippen LogP contribution is 2.32. The molecule has 2 aliphatic rings. The summed E-state index contributed by atoms with van der Waals surface area (Å²) < 4.78 is 41.6. The fourth-order valence-electron chi connectivity index (χ4n) is 4.52. The van der Waals surface area contributed by atoms with Gasteiger partial charge in [0.25, 0.3) is 0 Å². The van der Waals surface area contributed by atoms with Crippen LogP contribution in [-0.2, 0) is 14.8 Å². The van der Waals surface area contributed by atoms with Gasteiger partial charge in [-0.25, -0.2) is 17.8 Å². The van der Waals surface area contributed by atoms with Crippen LogP contribution in [0.4, 0.5) is 9.52 Å². The summed E-state index contributed by atoms with van der Waals surface area (Å²) in [7, 11) is -3.77. The van der Waals surface area contributed by atoms with Crippen molar-refractivity contribution in [3.05, 3.63) is 53.3 Å². The normalized spacial score (nSPS) is 20.1. The molecule has 0 saturated carbocycles. The first-order chi connectivity index (χ1) is 16.3. The van der Waals surface area contributed by atoms with E-state index in [9.17, 15) is 17.6 Å². The van der Waals surface area contributed by atoms with Crippen LogP contribution in [0.5, 0.6) is 0 Å². The number of nitrogens with zero attached hydrogens (tertiary/aromatic N) is 4. The molecule has 1 aromatic heterocycles. The van der Waals surface area contributed by atoms with Crippen LogP contribution in [0.3, 0.4) is 0 Å². The Bertz CT molecular complexity index is 1310. The van der Waals surface area contributed by atoms with E-state index in [1.165, 1.54) is 16.4 Å². The summed E-state index contributed by atoms with van der Waals surface area (Å²) in [6.45, 7) is 2.98. The Morgan fingerprint density at radius 2 is 1.79 bits per heavy atom. The predicted molar refractivity (Wildman–Crippen MR) is 131 cm³/mol. The molecule has 11 heteroatoms. The zero-order valence-electron chi connectivity index (χ0n) is 18.4. The molecule has 2 aromatic carbocycles. The lowest BCUT2D eigenvalue weighted by Crippen LogP contribution is -2.53. The van der Waals surface area contributed by atoms with Crippen molar-refractivity contribution >= 4 is 54.2 Å². The van der Waals surface area contributed by atoms with Crippen LogP contribution < -0.4 is 4.90 Å². The van der Waals surface area contributed by atoms with Gasteiger partial charge in [0.15, 0.2) is 5.13 Å². The maximum absolute atomic E-state index is 13.2. The Morgan fingerprint density at radius 3 is 2.53 bits per heavy atom. The summed E-state index contributed by atoms with van der Waals surface area (Å²) in [5.41, 5.74) is 0.910. The molecular weight excluding hydrogens is 499 g/mol. The molecule has 5 rings (SSSR count). The van der Waals surface area contributed by atoms with Gasteiger partial charge >= 0.3 is 0 Å². The average molecular weight is 523 g/mol. The fourth-order valence-corrected chi connectivity index (χ4v) is 7.33. The topological polar surface area (TPSA) is 73.8 Å². The summed E-state index contributed by atoms with van der Waals surface area (Å²) in [5.74, 6) is -0.866. The number of hydrogen-bond acceptors (Lipinski definition) is 6. The summed E-state index contributed by atoms with van der Waals surface area (Å²) in [6.07, 6.45) is 1.28. The number of rotatable bonds is 4. The van der Waals surface area contributed by atoms with Crippen LogP contribution in [0, 0.1) is 11.7 Å². The van der Waals surface area contributed by atoms with Crippen LogP contribution >= 0.6 is 22.9 Å². The second-order valence-electron chi connectivity index (χ2n) is 8.58. The highest BCUT2D eigenvalue weighted by molar-refractivity contribution is 7.89. The molecule has 0 spiro atoms. The van der Waals surface area contributed by atoms with E-state index >= 15 is 0 Å². The number of piperidine rings is 1. The van der Waals surface area contributed by atoms with Crippen molar-refractivity contribution in [3.63, 3.8) is 0 Å². The lowest BCUT2D eigenvalue weighted by atomic mass is 9.98. The number of benzene rings is 2. The van der Waals surface area contributed by atoms with E-state index in [2.05, 4.69) is 4.90 Å². The molecule has 2 aliphatic heterocycles. The number of carbonyl (C=O) groups is 1. The van der Waals surface area contributed by atoms with Gasteiger partial charge in [-0.1, -0.05) is 22.9 Å². The SMILES string of the molecule is O=C(C1CCCN(S(=O)(=O)c2ccc(F)cc2)C1)N1CCN(c2nc3ccc(Cl)cc3s2)CC1. The summed E-state index contributed by atoms with van der Waals surface area (Å²) in [4.78, 5) is 22.0. The minimum Gasteiger partial charge on any atom is -0.345 e. The van der Waals surface area contributed by atoms with Gasteiger partial charge in [-0.05, 0) is 55.3 Å². The standard InChI is InChI=1S/C23H24ClFN4O3S2/c24-17-3-8-20-21(14-17)33-23(26-20)28-12-10-27(11-13-28)22(30)16-2-1-9-29(15-16)34(31,32)19-6-4-18(25)5-7-19/h3-8,14,16H,1-2,9-13,15H2. The first-order valence-corrected chi connectivity index (χ1v) is 13.8. The van der Waals surface area contributed by atoms with E-state index < -0.39 is 15.8 Å². The second-order valence-corrected chi connectivity index (χ2v) is 12.0. The number of sulfonamides is 1. The number of amides is 1. The molecule has 1 unspecified atom stereocenters. The number of anilines is 1. The van der Waals surface area contributed by atoms with Gasteiger partial charge in [0.05, 0.1) is 21.0 Å². The maximum Gasteiger partial charge on any atom is 0.243 e. The van der Waals surface area contributed by atoms with Crippen molar-refractivity contribution in [2.24, 2.45) is 5.92 Å². The van der Waals surface area contributed by atoms with Crippen molar-refractivity contribution in [2.45, 2.75) is 17.7 Å². The predicted octanol–water partition coefficient (Wildman–Crippen LogP) is 3.84. The van der Waals surface area contributed by atoms with Crippen LogP contribution in [0.15, 0.2) is 47.4 Å². The first-order valence-electron chi connectivity index (χ1n) is 11.2. The van der Waals surface area contributed by atoms with Crippen LogP contribution in [0.25, 0.3) is 10.2 Å². The molecule has 0 aliphatic carbocycles. The second kappa shape index (κ2) is 9.41. The van der Waals surface area contributed by atoms with E-state index in [1.807, 2.05) is 23.1 Å². The minimum absolute atomic E-state index is 0.00487. The van der Waals surface area contributed by atoms with E-state index in [0.717, 1.165) is 27.5 Å². The quantitative estimate of drug-likeness (QED) is 0.520. The van der Waals surface area contributed by atoms with Crippen molar-refractivity contribution in [1.29, 1.82) is 0 Å². The van der Waals surface area contributed by atoms with Gasteiger partial charge in [0, 0.05) is 44.3 Å². The van der Waals surface area contributed by atoms with Gasteiger partial charge in [-0.2, -0.15) is 4.31 Å². The highest BCUT2D eigenvalue weighted by Gasteiger charge is 2.36. The molecule has 34 heavy (non-hydrogen) atoms. The fraction of sp³-hybridized carbons (Fsp3) is 0.391. The van der Waals surface area contributed by atoms with E-state index in [4.69, 9.17) is 16.6 Å². The van der Waals surface area contributed by atoms with Crippen molar-refractivity contribution in [1.82, 2.24) is 14.2 Å². The molecule has 7 nitrogen and oxygen atoms in total. The molecular formula is C23H24ClFN4O3S2. The number of fused-ring (bicyclic) bond motifs is 1. The average Bonchev–Trinajstić information content (AvgIpc) is 3.27. The van der Waals surface area contributed by atoms with Gasteiger partial charge in [0.1, 0.15) is 5.82 Å². The third-order valence-corrected chi connectivity index (χ3v) is 9.58. The molecule has 0 radical (unpaired) electrons. The summed E-state index contributed by atoms with van der Waals surface area (Å²) in [6, 6.07) is 10.5. The summed E-state index contributed by atoms with van der Waals surface area (Å²) in [5, 5.41) is 1.60. The Morgan fingerprint density at radius 1 is 1.06 bits per heavy atom. The molecule has 0 bridgehead atoms. The molecule has 0 N–H and O–H groups in total. The van der Waals surface area contributed by atoms with Crippen LogP contribution in [0.1, 0.15) is 12.8 Å². The van der Waals surface area contributed by atoms with Crippen molar-refractivity contribution in [3.8, 4) is 0 Å². The van der Waals surface area contributed by atoms with Gasteiger partial charge < -0.3 is 9.80 Å². The number of hydrogen-bond donors (Lipinski definition) is 0. The zero-order chi connectivity index (χ0) is 23.9. The lowest BCUT2D eigenvalue weighted by Gasteiger charge is -2.38. The monoisotopic (exact) mass is 522 g/mol. The lowest BCUT2D eigenvalue weighted by molar-refractivity contribution is -0.137. The number of piperazine rings is 1. The molecule has 1 atom stereocenters. The van der Waals surface area contributed by atoms with Gasteiger partial charge in [0.2, 0.25) is 15.9 Å². The van der Waals surface area contributed by atoms with E-state index in [0.29, 0.717) is 50.6 Å². The minimum atomic E-state index is -3.77. The number of halogens is 2. The van der Waals surface area contributed by atoms with Gasteiger partial charge in [-0.15, -0.1) is 0 Å². The highest BCUT2D eigenvalue weighted by atomic mass is 35.5. The molecule has 3 heterocycles. The zero-order valence-corrected chi connectivity index (χ0v) is 20.8. The first kappa shape index (κ1) is 23.5. The Balaban J connectivity index is 1.22. The Labute approximate surface area is 206 Å². The Kier molecular flexibility index (Phi) is 6.49. The smallest absolute Gasteiger partial charge is 0.243 e. The van der Waals surface area contributed by atoms with E-state index in [1.54, 1.807) is 11.3 Å². The molecule has 180 valence electrons. The van der Waals surface area contributed by atoms with Crippen molar-refractivity contribution in [2.75, 3.05) is 44.2 Å². The third-order valence-electron chi connectivity index (χ3n) is 6.39. The van der Waals surface area contributed by atoms with Crippen LogP contribution in [0.2, 0.25) is 5.02 Å². The maximum atomic E-state index is 13.2. The largest absolute Gasteiger partial charge is 0.345 e. The Hall–Kier alpha value is -2.27. The molecule has 2 fully saturated rings. The molecule has 1 amide bonds. The molecule has 3 aromatic rings. The number of aromatic nitrogens is 1. The van der Waals surface area contributed by atoms with Crippen LogP contribution in [-0.4, -0.2) is 67.8 Å². The summed E-state index contributed by atoms with van der Waals surface area (Å²) >= 11 is 7.67. The molecule has 2 saturated heterocycles.